The Morgan fingerprint density at radius 3 is 2.10 bits per heavy atom. The lowest BCUT2D eigenvalue weighted by molar-refractivity contribution is -0.137. The Kier molecular flexibility index (Phi) is 3.97. The van der Waals surface area contributed by atoms with Crippen molar-refractivity contribution >= 4 is 23.2 Å². The summed E-state index contributed by atoms with van der Waals surface area (Å²) in [5, 5.41) is 4.88. The zero-order valence-corrected chi connectivity index (χ0v) is 10.6. The highest BCUT2D eigenvalue weighted by Gasteiger charge is 2.29. The number of nitrogen functional groups attached to an aromatic ring is 1. The van der Waals surface area contributed by atoms with E-state index < -0.39 is 17.8 Å². The standard InChI is InChI=1S/C13H11F3N4O/c14-13(15,16)8-1-3-9(4-2-8)19-12(21)20-10-5-6-11(17)18-7-10/h1-7H,(H2,17,18)(H2,19,20,21). The number of aromatic nitrogens is 1. The number of amides is 2. The molecule has 0 bridgehead atoms. The lowest BCUT2D eigenvalue weighted by Crippen LogP contribution is -2.19. The molecular formula is C13H11F3N4O. The van der Waals surface area contributed by atoms with E-state index in [2.05, 4.69) is 15.6 Å². The van der Waals surface area contributed by atoms with E-state index in [1.807, 2.05) is 0 Å². The Morgan fingerprint density at radius 1 is 1.00 bits per heavy atom. The number of hydrogen-bond acceptors (Lipinski definition) is 3. The van der Waals surface area contributed by atoms with Crippen molar-refractivity contribution in [1.82, 2.24) is 4.98 Å². The van der Waals surface area contributed by atoms with Gasteiger partial charge >= 0.3 is 12.2 Å². The van der Waals surface area contributed by atoms with Crippen LogP contribution in [0.2, 0.25) is 0 Å². The first kappa shape index (κ1) is 14.6. The molecule has 0 aliphatic heterocycles. The number of alkyl halides is 3. The van der Waals surface area contributed by atoms with E-state index in [0.717, 1.165) is 12.1 Å². The first-order chi connectivity index (χ1) is 9.84. The van der Waals surface area contributed by atoms with Gasteiger partial charge in [-0.05, 0) is 36.4 Å². The summed E-state index contributed by atoms with van der Waals surface area (Å²) in [5.41, 5.74) is 5.27. The number of carbonyl (C=O) groups is 1. The molecule has 0 atom stereocenters. The fourth-order valence-corrected chi connectivity index (χ4v) is 1.52. The predicted molar refractivity (Wildman–Crippen MR) is 72.7 cm³/mol. The summed E-state index contributed by atoms with van der Waals surface area (Å²) in [4.78, 5) is 15.4. The molecule has 1 aromatic carbocycles. The van der Waals surface area contributed by atoms with Crippen LogP contribution in [0.25, 0.3) is 0 Å². The summed E-state index contributed by atoms with van der Waals surface area (Å²) < 4.78 is 37.2. The average molecular weight is 296 g/mol. The first-order valence-electron chi connectivity index (χ1n) is 5.81. The number of hydrogen-bond donors (Lipinski definition) is 3. The highest BCUT2D eigenvalue weighted by atomic mass is 19.4. The van der Waals surface area contributed by atoms with E-state index in [1.54, 1.807) is 6.07 Å². The first-order valence-corrected chi connectivity index (χ1v) is 5.81. The van der Waals surface area contributed by atoms with E-state index in [0.29, 0.717) is 11.5 Å². The van der Waals surface area contributed by atoms with Crippen molar-refractivity contribution in [2.45, 2.75) is 6.18 Å². The number of rotatable bonds is 2. The van der Waals surface area contributed by atoms with Crippen molar-refractivity contribution in [1.29, 1.82) is 0 Å². The van der Waals surface area contributed by atoms with Gasteiger partial charge in [-0.25, -0.2) is 9.78 Å². The average Bonchev–Trinajstić information content (AvgIpc) is 2.41. The SMILES string of the molecule is Nc1ccc(NC(=O)Nc2ccc(C(F)(F)F)cc2)cn1. The number of nitrogens with two attached hydrogens (primary N) is 1. The monoisotopic (exact) mass is 296 g/mol. The van der Waals surface area contributed by atoms with Crippen LogP contribution in [0.5, 0.6) is 0 Å². The molecule has 8 heteroatoms. The van der Waals surface area contributed by atoms with Gasteiger partial charge in [0.2, 0.25) is 0 Å². The van der Waals surface area contributed by atoms with Crippen LogP contribution < -0.4 is 16.4 Å². The Bertz CT molecular complexity index is 623. The minimum absolute atomic E-state index is 0.240. The number of benzene rings is 1. The fourth-order valence-electron chi connectivity index (χ4n) is 1.52. The highest BCUT2D eigenvalue weighted by Crippen LogP contribution is 2.29. The number of nitrogens with zero attached hydrogens (tertiary/aromatic N) is 1. The molecule has 4 N–H and O–H groups in total. The van der Waals surface area contributed by atoms with Gasteiger partial charge in [-0.2, -0.15) is 13.2 Å². The van der Waals surface area contributed by atoms with E-state index in [-0.39, 0.29) is 5.69 Å². The quantitative estimate of drug-likeness (QED) is 0.795. The van der Waals surface area contributed by atoms with Gasteiger partial charge < -0.3 is 16.4 Å². The van der Waals surface area contributed by atoms with Crippen LogP contribution in [-0.2, 0) is 6.18 Å². The van der Waals surface area contributed by atoms with Gasteiger partial charge in [-0.15, -0.1) is 0 Å². The van der Waals surface area contributed by atoms with Crippen molar-refractivity contribution in [2.24, 2.45) is 0 Å². The predicted octanol–water partition coefficient (Wildman–Crippen LogP) is 3.33. The van der Waals surface area contributed by atoms with E-state index >= 15 is 0 Å². The molecule has 0 aliphatic carbocycles. The maximum atomic E-state index is 12.4. The number of halogens is 3. The van der Waals surface area contributed by atoms with Crippen LogP contribution in [0, 0.1) is 0 Å². The Hall–Kier alpha value is -2.77. The van der Waals surface area contributed by atoms with Gasteiger partial charge in [0.05, 0.1) is 17.4 Å². The van der Waals surface area contributed by atoms with Crippen molar-refractivity contribution < 1.29 is 18.0 Å². The van der Waals surface area contributed by atoms with E-state index in [1.165, 1.54) is 24.4 Å². The van der Waals surface area contributed by atoms with Gasteiger partial charge in [0.25, 0.3) is 0 Å². The molecule has 0 spiro atoms. The molecule has 0 aliphatic rings. The number of pyridine rings is 1. The minimum Gasteiger partial charge on any atom is -0.384 e. The second-order valence-electron chi connectivity index (χ2n) is 4.13. The topological polar surface area (TPSA) is 80.0 Å². The maximum absolute atomic E-state index is 12.4. The molecule has 0 radical (unpaired) electrons. The summed E-state index contributed by atoms with van der Waals surface area (Å²) in [6, 6.07) is 6.58. The molecule has 1 aromatic heterocycles. The number of urea groups is 1. The van der Waals surface area contributed by atoms with Gasteiger partial charge in [0, 0.05) is 5.69 Å². The minimum atomic E-state index is -4.41. The third kappa shape index (κ3) is 4.10. The Morgan fingerprint density at radius 2 is 1.57 bits per heavy atom. The molecule has 0 unspecified atom stereocenters. The lowest BCUT2D eigenvalue weighted by atomic mass is 10.2. The van der Waals surface area contributed by atoms with Crippen LogP contribution in [0.4, 0.5) is 35.2 Å². The Balaban J connectivity index is 1.98. The largest absolute Gasteiger partial charge is 0.416 e. The number of anilines is 3. The second kappa shape index (κ2) is 5.70. The zero-order chi connectivity index (χ0) is 15.5. The van der Waals surface area contributed by atoms with Crippen LogP contribution in [0.1, 0.15) is 5.56 Å². The van der Waals surface area contributed by atoms with Gasteiger partial charge in [0.15, 0.2) is 0 Å². The fraction of sp³-hybridized carbons (Fsp3) is 0.0769. The summed E-state index contributed by atoms with van der Waals surface area (Å²) >= 11 is 0. The highest BCUT2D eigenvalue weighted by molar-refractivity contribution is 5.99. The van der Waals surface area contributed by atoms with E-state index in [4.69, 9.17) is 5.73 Å². The smallest absolute Gasteiger partial charge is 0.384 e. The van der Waals surface area contributed by atoms with Crippen LogP contribution in [-0.4, -0.2) is 11.0 Å². The molecule has 0 fully saturated rings. The molecular weight excluding hydrogens is 285 g/mol. The van der Waals surface area contributed by atoms with Gasteiger partial charge in [0.1, 0.15) is 5.82 Å². The molecule has 110 valence electrons. The number of nitrogens with one attached hydrogen (secondary N) is 2. The number of carbonyl (C=O) groups excluding carboxylic acids is 1. The van der Waals surface area contributed by atoms with Crippen molar-refractivity contribution in [3.8, 4) is 0 Å². The summed E-state index contributed by atoms with van der Waals surface area (Å²) in [6.07, 6.45) is -3.04. The molecule has 0 saturated carbocycles. The van der Waals surface area contributed by atoms with Crippen molar-refractivity contribution in [2.75, 3.05) is 16.4 Å². The summed E-state index contributed by atoms with van der Waals surface area (Å²) in [7, 11) is 0. The normalized spacial score (nSPS) is 11.0. The lowest BCUT2D eigenvalue weighted by Gasteiger charge is -2.09. The van der Waals surface area contributed by atoms with Crippen LogP contribution in [0.15, 0.2) is 42.6 Å². The molecule has 1 heterocycles. The molecule has 2 aromatic rings. The van der Waals surface area contributed by atoms with Crippen LogP contribution in [0.3, 0.4) is 0 Å². The zero-order valence-electron chi connectivity index (χ0n) is 10.6. The molecule has 2 amide bonds. The molecule has 0 saturated heterocycles. The summed E-state index contributed by atoms with van der Waals surface area (Å²) in [6.45, 7) is 0. The van der Waals surface area contributed by atoms with Crippen molar-refractivity contribution in [3.63, 3.8) is 0 Å². The maximum Gasteiger partial charge on any atom is 0.416 e. The second-order valence-corrected chi connectivity index (χ2v) is 4.13. The van der Waals surface area contributed by atoms with Crippen LogP contribution >= 0.6 is 0 Å². The third-order valence-electron chi connectivity index (χ3n) is 2.51. The molecule has 5 nitrogen and oxygen atoms in total. The molecule has 2 rings (SSSR count). The van der Waals surface area contributed by atoms with Gasteiger partial charge in [-0.1, -0.05) is 0 Å². The van der Waals surface area contributed by atoms with Crippen molar-refractivity contribution in [3.05, 3.63) is 48.2 Å². The van der Waals surface area contributed by atoms with E-state index in [9.17, 15) is 18.0 Å². The third-order valence-corrected chi connectivity index (χ3v) is 2.51. The summed E-state index contributed by atoms with van der Waals surface area (Å²) in [5.74, 6) is 0.309. The Labute approximate surface area is 118 Å². The molecule has 21 heavy (non-hydrogen) atoms. The van der Waals surface area contributed by atoms with Gasteiger partial charge in [-0.3, -0.25) is 0 Å².